The van der Waals surface area contributed by atoms with Gasteiger partial charge in [0.05, 0.1) is 12.7 Å². The van der Waals surface area contributed by atoms with Crippen LogP contribution in [0.1, 0.15) is 24.2 Å². The van der Waals surface area contributed by atoms with Crippen molar-refractivity contribution in [3.63, 3.8) is 0 Å². The maximum atomic E-state index is 11.9. The molecule has 1 rings (SSSR count). The molecule has 1 aromatic rings. The minimum Gasteiger partial charge on any atom is -0.496 e. The van der Waals surface area contributed by atoms with Crippen molar-refractivity contribution in [1.82, 2.24) is 5.32 Å². The molecule has 1 amide bonds. The largest absolute Gasteiger partial charge is 0.496 e. The summed E-state index contributed by atoms with van der Waals surface area (Å²) in [5.74, 6) is -0.842. The van der Waals surface area contributed by atoms with Crippen LogP contribution < -0.4 is 10.1 Å². The van der Waals surface area contributed by atoms with E-state index in [1.165, 1.54) is 7.11 Å². The number of benzene rings is 1. The first kappa shape index (κ1) is 13.7. The third-order valence-electron chi connectivity index (χ3n) is 2.03. The highest BCUT2D eigenvalue weighted by molar-refractivity contribution is 9.10. The van der Waals surface area contributed by atoms with Crippen LogP contribution in [0.15, 0.2) is 22.7 Å². The minimum absolute atomic E-state index is 0.0791. The highest BCUT2D eigenvalue weighted by Crippen LogP contribution is 2.23. The molecule has 0 aromatic heterocycles. The molecule has 0 spiro atoms. The molecule has 1 aromatic carbocycles. The highest BCUT2D eigenvalue weighted by Gasteiger charge is 2.20. The first-order chi connectivity index (χ1) is 7.95. The Balaban J connectivity index is 3.02. The lowest BCUT2D eigenvalue weighted by molar-refractivity contribution is -0.117. The lowest BCUT2D eigenvalue weighted by atomic mass is 10.1. The van der Waals surface area contributed by atoms with Crippen molar-refractivity contribution in [2.75, 3.05) is 7.11 Å². The van der Waals surface area contributed by atoms with Crippen molar-refractivity contribution >= 4 is 27.6 Å². The van der Waals surface area contributed by atoms with E-state index >= 15 is 0 Å². The number of hydrogen-bond acceptors (Lipinski definition) is 3. The molecule has 1 N–H and O–H groups in total. The Morgan fingerprint density at radius 1 is 1.35 bits per heavy atom. The quantitative estimate of drug-likeness (QED) is 0.685. The van der Waals surface area contributed by atoms with Crippen LogP contribution in [0.25, 0.3) is 0 Å². The number of ether oxygens (including phenoxy) is 1. The molecule has 17 heavy (non-hydrogen) atoms. The van der Waals surface area contributed by atoms with Gasteiger partial charge in [-0.1, -0.05) is 15.9 Å². The zero-order chi connectivity index (χ0) is 13.0. The van der Waals surface area contributed by atoms with Crippen LogP contribution in [0.3, 0.4) is 0 Å². The van der Waals surface area contributed by atoms with E-state index in [2.05, 4.69) is 21.2 Å². The lowest BCUT2D eigenvalue weighted by Crippen LogP contribution is -2.36. The van der Waals surface area contributed by atoms with E-state index in [0.717, 1.165) is 4.47 Å². The number of nitrogens with one attached hydrogen (secondary N) is 1. The Kier molecular flexibility index (Phi) is 4.69. The zero-order valence-electron chi connectivity index (χ0n) is 9.91. The second kappa shape index (κ2) is 5.82. The van der Waals surface area contributed by atoms with Crippen LogP contribution in [0.5, 0.6) is 5.75 Å². The van der Waals surface area contributed by atoms with E-state index < -0.39 is 11.7 Å². The van der Waals surface area contributed by atoms with E-state index in [-0.39, 0.29) is 11.6 Å². The number of carbonyl (C=O) groups excluding carboxylic acids is 2. The molecule has 0 heterocycles. The number of amides is 1. The smallest absolute Gasteiger partial charge is 0.292 e. The second-order valence-corrected chi connectivity index (χ2v) is 4.72. The number of halogens is 1. The predicted octanol–water partition coefficient (Wildman–Crippen LogP) is 2.17. The van der Waals surface area contributed by atoms with Crippen molar-refractivity contribution < 1.29 is 14.3 Å². The fourth-order valence-corrected chi connectivity index (χ4v) is 1.67. The van der Waals surface area contributed by atoms with Gasteiger partial charge in [-0.3, -0.25) is 9.59 Å². The molecular weight excluding hydrogens is 286 g/mol. The summed E-state index contributed by atoms with van der Waals surface area (Å²) in [5.41, 5.74) is 0.250. The molecule has 0 fully saturated rings. The number of ketones is 1. The first-order valence-corrected chi connectivity index (χ1v) is 5.93. The number of hydrogen-bond donors (Lipinski definition) is 1. The maximum Gasteiger partial charge on any atom is 0.292 e. The van der Waals surface area contributed by atoms with Crippen LogP contribution in [-0.2, 0) is 4.79 Å². The Labute approximate surface area is 108 Å². The molecule has 4 nitrogen and oxygen atoms in total. The molecule has 0 saturated carbocycles. The van der Waals surface area contributed by atoms with Gasteiger partial charge in [0.1, 0.15) is 5.75 Å². The average Bonchev–Trinajstić information content (AvgIpc) is 2.27. The monoisotopic (exact) mass is 299 g/mol. The first-order valence-electron chi connectivity index (χ1n) is 5.14. The van der Waals surface area contributed by atoms with Crippen LogP contribution in [-0.4, -0.2) is 24.8 Å². The summed E-state index contributed by atoms with van der Waals surface area (Å²) >= 11 is 3.25. The van der Waals surface area contributed by atoms with Gasteiger partial charge in [0.25, 0.3) is 11.7 Å². The molecule has 0 saturated heterocycles. The summed E-state index contributed by atoms with van der Waals surface area (Å²) in [6.07, 6.45) is 0. The Morgan fingerprint density at radius 2 is 2.00 bits per heavy atom. The summed E-state index contributed by atoms with van der Waals surface area (Å²) in [6, 6.07) is 4.88. The van der Waals surface area contributed by atoms with E-state index in [4.69, 9.17) is 4.74 Å². The highest BCUT2D eigenvalue weighted by atomic mass is 79.9. The predicted molar refractivity (Wildman–Crippen MR) is 68.3 cm³/mol. The van der Waals surface area contributed by atoms with Gasteiger partial charge in [-0.2, -0.15) is 0 Å². The molecule has 0 radical (unpaired) electrons. The van der Waals surface area contributed by atoms with Crippen LogP contribution in [0.2, 0.25) is 0 Å². The Hall–Kier alpha value is -1.36. The van der Waals surface area contributed by atoms with Gasteiger partial charge in [-0.25, -0.2) is 0 Å². The fourth-order valence-electron chi connectivity index (χ4n) is 1.31. The standard InChI is InChI=1S/C12H14BrNO3/c1-7(2)14-12(16)11(15)9-6-8(13)4-5-10(9)17-3/h4-7H,1-3H3,(H,14,16). The summed E-state index contributed by atoms with van der Waals surface area (Å²) < 4.78 is 5.78. The van der Waals surface area contributed by atoms with E-state index in [1.54, 1.807) is 32.0 Å². The molecule has 92 valence electrons. The molecule has 0 aliphatic carbocycles. The lowest BCUT2D eigenvalue weighted by Gasteiger charge is -2.10. The van der Waals surface area contributed by atoms with Crippen LogP contribution >= 0.6 is 15.9 Å². The minimum atomic E-state index is -0.628. The molecule has 0 atom stereocenters. The molecular formula is C12H14BrNO3. The zero-order valence-corrected chi connectivity index (χ0v) is 11.5. The number of rotatable bonds is 4. The van der Waals surface area contributed by atoms with Gasteiger partial charge >= 0.3 is 0 Å². The third kappa shape index (κ3) is 3.56. The molecule has 5 heteroatoms. The van der Waals surface area contributed by atoms with Gasteiger partial charge in [-0.05, 0) is 32.0 Å². The summed E-state index contributed by atoms with van der Waals surface area (Å²) in [6.45, 7) is 3.59. The van der Waals surface area contributed by atoms with E-state index in [0.29, 0.717) is 5.75 Å². The third-order valence-corrected chi connectivity index (χ3v) is 2.53. The van der Waals surface area contributed by atoms with Gasteiger partial charge in [0.2, 0.25) is 0 Å². The molecule has 0 aliphatic heterocycles. The van der Waals surface area contributed by atoms with E-state index in [1.807, 2.05) is 0 Å². The fraction of sp³-hybridized carbons (Fsp3) is 0.333. The topological polar surface area (TPSA) is 55.4 Å². The number of Topliss-reactive ketones (excluding diaryl/α,β-unsaturated/α-hetero) is 1. The van der Waals surface area contributed by atoms with Gasteiger partial charge in [-0.15, -0.1) is 0 Å². The van der Waals surface area contributed by atoms with Crippen molar-refractivity contribution in [1.29, 1.82) is 0 Å². The van der Waals surface area contributed by atoms with Crippen LogP contribution in [0.4, 0.5) is 0 Å². The van der Waals surface area contributed by atoms with Gasteiger partial charge < -0.3 is 10.1 Å². The molecule has 0 aliphatic rings. The second-order valence-electron chi connectivity index (χ2n) is 3.80. The molecule has 0 unspecified atom stereocenters. The summed E-state index contributed by atoms with van der Waals surface area (Å²) in [4.78, 5) is 23.5. The van der Waals surface area contributed by atoms with Gasteiger partial charge in [0, 0.05) is 10.5 Å². The Bertz CT molecular complexity index is 443. The number of methoxy groups -OCH3 is 1. The van der Waals surface area contributed by atoms with Crippen molar-refractivity contribution in [2.45, 2.75) is 19.9 Å². The maximum absolute atomic E-state index is 11.9. The van der Waals surface area contributed by atoms with Crippen LogP contribution in [0, 0.1) is 0 Å². The van der Waals surface area contributed by atoms with Crippen molar-refractivity contribution in [3.05, 3.63) is 28.2 Å². The Morgan fingerprint density at radius 3 is 2.53 bits per heavy atom. The normalized spacial score (nSPS) is 10.2. The number of carbonyl (C=O) groups is 2. The summed E-state index contributed by atoms with van der Waals surface area (Å²) in [7, 11) is 1.46. The van der Waals surface area contributed by atoms with Gasteiger partial charge in [0.15, 0.2) is 0 Å². The average molecular weight is 300 g/mol. The van der Waals surface area contributed by atoms with Crippen molar-refractivity contribution in [2.24, 2.45) is 0 Å². The SMILES string of the molecule is COc1ccc(Br)cc1C(=O)C(=O)NC(C)C. The van der Waals surface area contributed by atoms with E-state index in [9.17, 15) is 9.59 Å². The summed E-state index contributed by atoms with van der Waals surface area (Å²) in [5, 5.41) is 2.55. The molecule has 0 bridgehead atoms. The van der Waals surface area contributed by atoms with Crippen molar-refractivity contribution in [3.8, 4) is 5.75 Å².